The van der Waals surface area contributed by atoms with Gasteiger partial charge in [-0.05, 0) is 134 Å². The second-order valence-electron chi connectivity index (χ2n) is 18.0. The maximum absolute atomic E-state index is 13.1. The summed E-state index contributed by atoms with van der Waals surface area (Å²) < 4.78 is 264. The van der Waals surface area contributed by atoms with Crippen LogP contribution in [0.3, 0.4) is 0 Å². The number of nitrogens with zero attached hydrogens (tertiary/aromatic N) is 3. The molecule has 64 heavy (non-hydrogen) atoms. The molecule has 0 saturated carbocycles. The SMILES string of the molecule is [2H]c1nc(-c2cc(-c3cccc4c3nc(-c3cc(C(C([2H])([2H])[2H])(C([2H])([2H])[2H])C([2H])([2H])[2H])cc(C(C([2H])([2H])[2H])(C([2H])([2H])[2H])C([2H])([2H])[2H])c3O)n4-c3ccc(C(C)(C)C)cc3-c3ccccc3)cc(C(C)(C)C)c2)c([2H])c(-c2c([2H])c([2H])c(C([2H])([2H])[2H])c(C([2H])([2H])[2H])c2[2H])c1[2H]. The third-order valence-corrected chi connectivity index (χ3v) is 11.1. The molecule has 0 atom stereocenters. The Kier molecular flexibility index (Phi) is 5.20. The van der Waals surface area contributed by atoms with Gasteiger partial charge in [-0.2, -0.15) is 0 Å². The highest BCUT2D eigenvalue weighted by Crippen LogP contribution is 2.46. The van der Waals surface area contributed by atoms with E-state index in [-0.39, 0.29) is 39.5 Å². The second kappa shape index (κ2) is 16.1. The fourth-order valence-corrected chi connectivity index (χ4v) is 7.57. The van der Waals surface area contributed by atoms with Crippen molar-refractivity contribution in [2.45, 2.75) is 118 Å². The van der Waals surface area contributed by atoms with Crippen molar-refractivity contribution in [1.29, 1.82) is 0 Å². The molecule has 0 unspecified atom stereocenters. The Morgan fingerprint density at radius 3 is 1.94 bits per heavy atom. The fourth-order valence-electron chi connectivity index (χ4n) is 7.57. The smallest absolute Gasteiger partial charge is 0.149 e. The molecule has 0 aliphatic heterocycles. The average Bonchev–Trinajstić information content (AvgIpc) is 0.796. The third kappa shape index (κ3) is 8.55. The summed E-state index contributed by atoms with van der Waals surface area (Å²) in [5.74, 6) is -2.10. The van der Waals surface area contributed by atoms with E-state index in [2.05, 4.69) is 4.98 Å². The van der Waals surface area contributed by atoms with Gasteiger partial charge in [0, 0.05) is 61.3 Å². The average molecular weight is 874 g/mol. The van der Waals surface area contributed by atoms with E-state index >= 15 is 0 Å². The summed E-state index contributed by atoms with van der Waals surface area (Å²) in [5, 5.41) is 13.1. The molecule has 0 radical (unpaired) electrons. The largest absolute Gasteiger partial charge is 0.507 e. The number of hydrogen-bond donors (Lipinski definition) is 1. The van der Waals surface area contributed by atoms with Gasteiger partial charge < -0.3 is 5.11 Å². The van der Waals surface area contributed by atoms with Gasteiger partial charge in [0.2, 0.25) is 0 Å². The molecular formula is C60H65N3O. The first-order chi connectivity index (χ1) is 42.4. The number of rotatable bonds is 6. The minimum Gasteiger partial charge on any atom is -0.507 e. The number of imidazole rings is 1. The van der Waals surface area contributed by atoms with Gasteiger partial charge in [0.15, 0.2) is 0 Å². The summed E-state index contributed by atoms with van der Waals surface area (Å²) in [6.45, 7) is -20.7. The summed E-state index contributed by atoms with van der Waals surface area (Å²) in [6.07, 6.45) is -0.859. The predicted octanol–water partition coefficient (Wildman–Crippen LogP) is 16.3. The number of benzene rings is 6. The molecule has 4 nitrogen and oxygen atoms in total. The van der Waals surface area contributed by atoms with Crippen LogP contribution in [0.2, 0.25) is 0 Å². The Bertz CT molecular complexity index is 4220. The van der Waals surface area contributed by atoms with E-state index in [1.54, 1.807) is 87.5 Å². The molecule has 0 saturated heterocycles. The molecule has 326 valence electrons. The Labute approximate surface area is 424 Å². The minimum absolute atomic E-state index is 0.00272. The van der Waals surface area contributed by atoms with E-state index in [0.29, 0.717) is 22.8 Å². The zero-order valence-corrected chi connectivity index (χ0v) is 36.0. The molecule has 6 aromatic carbocycles. The van der Waals surface area contributed by atoms with Crippen LogP contribution in [0.5, 0.6) is 5.75 Å². The molecule has 4 heteroatoms. The third-order valence-electron chi connectivity index (χ3n) is 11.1. The van der Waals surface area contributed by atoms with E-state index < -0.39 is 169 Å². The van der Waals surface area contributed by atoms with Crippen LogP contribution in [-0.4, -0.2) is 19.6 Å². The van der Waals surface area contributed by atoms with Crippen LogP contribution in [0.4, 0.5) is 0 Å². The van der Waals surface area contributed by atoms with E-state index in [0.717, 1.165) is 5.56 Å². The standard InChI is InChI=1S/C60H65N3O/c1-37-23-24-40(29-38(37)2)41-27-28-61-51(33-41)43-30-42(31-45(32-43)58(6,7)8)47-21-18-22-53-54(47)62-56(49-35-46(59(9,10)11)36-50(55(49)64)60(12,13)14)63(53)52-26-25-44(57(3,4)5)34-48(52)39-19-16-15-17-20-39/h15-36,64H,1-14H3/i1D3,2D3,9D3,10D3,11D3,12D3,13D3,14D3,23D,24D,27D,28D,29D,33D. The monoisotopic (exact) mass is 874 g/mol. The van der Waals surface area contributed by atoms with E-state index in [1.165, 1.54) is 16.7 Å². The van der Waals surface area contributed by atoms with Gasteiger partial charge in [0.25, 0.3) is 0 Å². The number of para-hydroxylation sites is 1. The molecule has 0 aliphatic rings. The molecule has 2 heterocycles. The van der Waals surface area contributed by atoms with Gasteiger partial charge in [-0.15, -0.1) is 0 Å². The molecule has 2 aromatic heterocycles. The molecule has 0 fully saturated rings. The van der Waals surface area contributed by atoms with Crippen molar-refractivity contribution in [3.8, 4) is 67.5 Å². The number of phenols is 1. The molecule has 0 spiro atoms. The van der Waals surface area contributed by atoms with Gasteiger partial charge in [0.05, 0.1) is 36.2 Å². The topological polar surface area (TPSA) is 50.9 Å². The van der Waals surface area contributed by atoms with Crippen molar-refractivity contribution in [2.75, 3.05) is 0 Å². The molecule has 0 aliphatic carbocycles. The van der Waals surface area contributed by atoms with E-state index in [4.69, 9.17) is 44.7 Å². The maximum atomic E-state index is 13.1. The van der Waals surface area contributed by atoms with Crippen molar-refractivity contribution < 1.29 is 46.2 Å². The number of phenolic OH excluding ortho intramolecular Hbond substituents is 1. The minimum atomic E-state index is -4.27. The number of aromatic nitrogens is 3. The van der Waals surface area contributed by atoms with Crippen molar-refractivity contribution >= 4 is 11.0 Å². The van der Waals surface area contributed by atoms with Crippen LogP contribution in [0.25, 0.3) is 72.7 Å². The number of fused-ring (bicyclic) bond motifs is 1. The zero-order valence-electron chi connectivity index (χ0n) is 66.0. The predicted molar refractivity (Wildman–Crippen MR) is 272 cm³/mol. The quantitative estimate of drug-likeness (QED) is 0.181. The summed E-state index contributed by atoms with van der Waals surface area (Å²) in [6, 6.07) is 19.1. The van der Waals surface area contributed by atoms with Crippen molar-refractivity contribution in [2.24, 2.45) is 0 Å². The van der Waals surface area contributed by atoms with Crippen molar-refractivity contribution in [3.63, 3.8) is 0 Å². The lowest BCUT2D eigenvalue weighted by Crippen LogP contribution is -2.17. The molecule has 0 bridgehead atoms. The highest BCUT2D eigenvalue weighted by atomic mass is 16.3. The first-order valence-corrected chi connectivity index (χ1v) is 20.3. The lowest BCUT2D eigenvalue weighted by molar-refractivity contribution is 0.446. The summed E-state index contributed by atoms with van der Waals surface area (Å²) in [4.78, 5) is 9.42. The summed E-state index contributed by atoms with van der Waals surface area (Å²) >= 11 is 0. The number of aromatic hydroxyl groups is 1. The first kappa shape index (κ1) is 20.7. The molecule has 8 rings (SSSR count). The van der Waals surface area contributed by atoms with Crippen molar-refractivity contribution in [3.05, 3.63) is 167 Å². The van der Waals surface area contributed by atoms with Gasteiger partial charge in [0.1, 0.15) is 11.6 Å². The van der Waals surface area contributed by atoms with Crippen LogP contribution >= 0.6 is 0 Å². The first-order valence-electron chi connectivity index (χ1n) is 35.3. The fraction of sp³-hybridized carbons (Fsp3) is 0.300. The van der Waals surface area contributed by atoms with Crippen LogP contribution in [0, 0.1) is 13.7 Å². The maximum Gasteiger partial charge on any atom is 0.149 e. The van der Waals surface area contributed by atoms with Gasteiger partial charge >= 0.3 is 0 Å². The normalized spacial score (nSPS) is 21.0. The number of hydrogen-bond acceptors (Lipinski definition) is 3. The lowest BCUT2D eigenvalue weighted by Gasteiger charge is -2.28. The Morgan fingerprint density at radius 1 is 0.547 bits per heavy atom. The highest BCUT2D eigenvalue weighted by Gasteiger charge is 2.30. The Hall–Kier alpha value is -6.26. The summed E-state index contributed by atoms with van der Waals surface area (Å²) in [5.41, 5.74) is -15.2. The van der Waals surface area contributed by atoms with Gasteiger partial charge in [-0.25, -0.2) is 4.98 Å². The molecule has 0 amide bonds. The van der Waals surface area contributed by atoms with E-state index in [9.17, 15) is 6.48 Å². The lowest BCUT2D eigenvalue weighted by atomic mass is 9.79. The van der Waals surface area contributed by atoms with E-state index in [1.807, 2.05) is 26.8 Å². The molecule has 1 N–H and O–H groups in total. The Balaban J connectivity index is 1.63. The van der Waals surface area contributed by atoms with Crippen LogP contribution in [0.15, 0.2) is 133 Å². The van der Waals surface area contributed by atoms with Gasteiger partial charge in [-0.3, -0.25) is 9.55 Å². The van der Waals surface area contributed by atoms with Crippen LogP contribution < -0.4 is 0 Å². The molecular weight excluding hydrogens is 779 g/mol. The highest BCUT2D eigenvalue weighted by molar-refractivity contribution is 5.98. The second-order valence-corrected chi connectivity index (χ2v) is 18.0. The van der Waals surface area contributed by atoms with Crippen LogP contribution in [0.1, 0.15) is 157 Å². The molecule has 8 aromatic rings. The summed E-state index contributed by atoms with van der Waals surface area (Å²) in [7, 11) is 0. The van der Waals surface area contributed by atoms with Gasteiger partial charge in [-0.1, -0.05) is 161 Å². The van der Waals surface area contributed by atoms with Crippen molar-refractivity contribution in [1.82, 2.24) is 14.5 Å². The zero-order chi connectivity index (χ0) is 71.3. The van der Waals surface area contributed by atoms with Crippen LogP contribution in [-0.2, 0) is 21.7 Å². The number of pyridine rings is 1. The Morgan fingerprint density at radius 2 is 1.23 bits per heavy atom.